The Balaban J connectivity index is 1.57. The molecular formula is C20H17N3O3. The maximum Gasteiger partial charge on any atom is 0.259 e. The average molecular weight is 347 g/mol. The first kappa shape index (κ1) is 16.0. The molecule has 6 nitrogen and oxygen atoms in total. The Morgan fingerprint density at radius 1 is 1.08 bits per heavy atom. The Kier molecular flexibility index (Phi) is 4.15. The summed E-state index contributed by atoms with van der Waals surface area (Å²) in [6.45, 7) is 0.485. The van der Waals surface area contributed by atoms with Gasteiger partial charge in [0.2, 0.25) is 5.88 Å². The van der Waals surface area contributed by atoms with E-state index in [9.17, 15) is 4.79 Å². The molecule has 0 spiro atoms. The first-order chi connectivity index (χ1) is 12.7. The van der Waals surface area contributed by atoms with Crippen molar-refractivity contribution in [2.24, 2.45) is 0 Å². The van der Waals surface area contributed by atoms with Crippen LogP contribution in [-0.4, -0.2) is 17.6 Å². The average Bonchev–Trinajstić information content (AvgIpc) is 3.25. The van der Waals surface area contributed by atoms with Crippen molar-refractivity contribution in [1.82, 2.24) is 10.5 Å². The Morgan fingerprint density at radius 3 is 2.69 bits per heavy atom. The molecule has 4 aromatic rings. The predicted molar refractivity (Wildman–Crippen MR) is 98.6 cm³/mol. The summed E-state index contributed by atoms with van der Waals surface area (Å²) in [6.07, 6.45) is 2.28. The number of benzene rings is 2. The highest BCUT2D eigenvalue weighted by Gasteiger charge is 2.24. The zero-order chi connectivity index (χ0) is 17.9. The van der Waals surface area contributed by atoms with Crippen molar-refractivity contribution in [2.45, 2.75) is 6.42 Å². The smallest absolute Gasteiger partial charge is 0.259 e. The fourth-order valence-electron chi connectivity index (χ4n) is 2.92. The Bertz CT molecular complexity index is 1050. The molecular weight excluding hydrogens is 330 g/mol. The summed E-state index contributed by atoms with van der Waals surface area (Å²) in [7, 11) is 0. The fourth-order valence-corrected chi connectivity index (χ4v) is 2.92. The lowest BCUT2D eigenvalue weighted by molar-refractivity contribution is 0.0955. The van der Waals surface area contributed by atoms with E-state index in [1.165, 1.54) is 0 Å². The van der Waals surface area contributed by atoms with E-state index in [1.54, 1.807) is 6.26 Å². The largest absolute Gasteiger partial charge is 0.464 e. The van der Waals surface area contributed by atoms with Crippen LogP contribution in [-0.2, 0) is 6.42 Å². The van der Waals surface area contributed by atoms with E-state index in [1.807, 2.05) is 54.6 Å². The number of nitrogen functional groups attached to an aromatic ring is 1. The fraction of sp³-hybridized carbons (Fsp3) is 0.100. The molecule has 0 aliphatic heterocycles. The normalized spacial score (nSPS) is 10.9. The number of amides is 1. The summed E-state index contributed by atoms with van der Waals surface area (Å²) >= 11 is 0. The van der Waals surface area contributed by atoms with Crippen LogP contribution < -0.4 is 11.1 Å². The number of aromatic nitrogens is 1. The van der Waals surface area contributed by atoms with Gasteiger partial charge in [0.15, 0.2) is 0 Å². The maximum absolute atomic E-state index is 12.6. The summed E-state index contributed by atoms with van der Waals surface area (Å²) in [5, 5.41) is 7.70. The number of carbonyl (C=O) groups is 1. The van der Waals surface area contributed by atoms with Gasteiger partial charge >= 0.3 is 0 Å². The van der Waals surface area contributed by atoms with Crippen molar-refractivity contribution in [1.29, 1.82) is 0 Å². The minimum Gasteiger partial charge on any atom is -0.464 e. The number of furan rings is 1. The number of rotatable bonds is 5. The second kappa shape index (κ2) is 6.76. The van der Waals surface area contributed by atoms with E-state index < -0.39 is 0 Å². The highest BCUT2D eigenvalue weighted by molar-refractivity contribution is 6.06. The quantitative estimate of drug-likeness (QED) is 0.575. The van der Waals surface area contributed by atoms with Crippen LogP contribution in [0.15, 0.2) is 69.8 Å². The van der Waals surface area contributed by atoms with Crippen molar-refractivity contribution in [2.75, 3.05) is 12.3 Å². The van der Waals surface area contributed by atoms with Gasteiger partial charge in [0.1, 0.15) is 23.1 Å². The van der Waals surface area contributed by atoms with E-state index in [2.05, 4.69) is 10.5 Å². The van der Waals surface area contributed by atoms with Gasteiger partial charge in [-0.1, -0.05) is 53.7 Å². The molecule has 2 heterocycles. The van der Waals surface area contributed by atoms with Gasteiger partial charge in [-0.2, -0.15) is 0 Å². The van der Waals surface area contributed by atoms with Crippen LogP contribution in [0.4, 0.5) is 5.88 Å². The van der Waals surface area contributed by atoms with Gasteiger partial charge in [0.25, 0.3) is 5.91 Å². The van der Waals surface area contributed by atoms with Crippen molar-refractivity contribution >= 4 is 22.8 Å². The molecule has 4 rings (SSSR count). The molecule has 0 aliphatic carbocycles. The lowest BCUT2D eigenvalue weighted by Crippen LogP contribution is -2.26. The van der Waals surface area contributed by atoms with Gasteiger partial charge in [-0.05, 0) is 18.1 Å². The third-order valence-electron chi connectivity index (χ3n) is 4.22. The number of anilines is 1. The van der Waals surface area contributed by atoms with Gasteiger partial charge in [-0.15, -0.1) is 0 Å². The molecule has 0 fully saturated rings. The third kappa shape index (κ3) is 2.93. The van der Waals surface area contributed by atoms with Crippen LogP contribution in [0.25, 0.3) is 22.2 Å². The van der Waals surface area contributed by atoms with Crippen molar-refractivity contribution in [3.63, 3.8) is 0 Å². The van der Waals surface area contributed by atoms with E-state index in [-0.39, 0.29) is 17.4 Å². The Hall–Kier alpha value is -3.54. The molecule has 0 aliphatic rings. The molecule has 3 N–H and O–H groups in total. The maximum atomic E-state index is 12.6. The number of nitrogens with two attached hydrogens (primary N) is 1. The summed E-state index contributed by atoms with van der Waals surface area (Å²) in [6, 6.07) is 17.5. The molecule has 1 amide bonds. The topological polar surface area (TPSA) is 94.3 Å². The third-order valence-corrected chi connectivity index (χ3v) is 4.22. The Labute approximate surface area is 149 Å². The molecule has 0 radical (unpaired) electrons. The monoisotopic (exact) mass is 347 g/mol. The first-order valence-electron chi connectivity index (χ1n) is 8.28. The second-order valence-electron chi connectivity index (χ2n) is 5.91. The molecule has 130 valence electrons. The minimum absolute atomic E-state index is 0.0116. The summed E-state index contributed by atoms with van der Waals surface area (Å²) in [5.74, 6) is -0.331. The molecule has 0 bridgehead atoms. The number of nitrogens with one attached hydrogen (secondary N) is 1. The van der Waals surface area contributed by atoms with Crippen molar-refractivity contribution in [3.8, 4) is 11.3 Å². The van der Waals surface area contributed by atoms with E-state index in [0.29, 0.717) is 23.4 Å². The number of para-hydroxylation sites is 1. The van der Waals surface area contributed by atoms with Gasteiger partial charge in [0.05, 0.1) is 5.56 Å². The first-order valence-corrected chi connectivity index (χ1v) is 8.28. The zero-order valence-corrected chi connectivity index (χ0v) is 13.9. The van der Waals surface area contributed by atoms with Crippen LogP contribution in [0.1, 0.15) is 15.9 Å². The number of fused-ring (bicyclic) bond motifs is 1. The van der Waals surface area contributed by atoms with Crippen molar-refractivity contribution < 1.29 is 13.7 Å². The van der Waals surface area contributed by atoms with Gasteiger partial charge in [0, 0.05) is 11.9 Å². The highest BCUT2D eigenvalue weighted by Crippen LogP contribution is 2.33. The van der Waals surface area contributed by atoms with Crippen LogP contribution in [0, 0.1) is 0 Å². The molecule has 0 saturated carbocycles. The molecule has 2 aromatic heterocycles. The van der Waals surface area contributed by atoms with Crippen molar-refractivity contribution in [3.05, 3.63) is 72.0 Å². The van der Waals surface area contributed by atoms with E-state index in [4.69, 9.17) is 14.7 Å². The summed E-state index contributed by atoms with van der Waals surface area (Å²) < 4.78 is 10.6. The highest BCUT2D eigenvalue weighted by atomic mass is 16.5. The van der Waals surface area contributed by atoms with Gasteiger partial charge in [-0.3, -0.25) is 4.79 Å². The zero-order valence-electron chi connectivity index (χ0n) is 13.9. The molecule has 0 unspecified atom stereocenters. The lowest BCUT2D eigenvalue weighted by Gasteiger charge is -2.05. The number of hydrogen-bond donors (Lipinski definition) is 2. The van der Waals surface area contributed by atoms with Crippen LogP contribution in [0.3, 0.4) is 0 Å². The molecule has 2 aromatic carbocycles. The van der Waals surface area contributed by atoms with Gasteiger partial charge < -0.3 is 20.0 Å². The number of carbonyl (C=O) groups excluding carboxylic acids is 1. The van der Waals surface area contributed by atoms with Crippen LogP contribution in [0.5, 0.6) is 0 Å². The number of nitrogens with zero attached hydrogens (tertiary/aromatic N) is 1. The predicted octanol–water partition coefficient (Wildman–Crippen LogP) is 3.64. The van der Waals surface area contributed by atoms with Crippen LogP contribution >= 0.6 is 0 Å². The summed E-state index contributed by atoms with van der Waals surface area (Å²) in [4.78, 5) is 12.6. The summed E-state index contributed by atoms with van der Waals surface area (Å²) in [5.41, 5.74) is 8.99. The molecule has 0 saturated heterocycles. The van der Waals surface area contributed by atoms with E-state index in [0.717, 1.165) is 17.4 Å². The van der Waals surface area contributed by atoms with E-state index >= 15 is 0 Å². The molecule has 6 heteroatoms. The number of hydrogen-bond acceptors (Lipinski definition) is 5. The SMILES string of the molecule is Nc1onc(-c2coc3ccccc23)c1C(=O)NCCc1ccccc1. The molecule has 0 atom stereocenters. The Morgan fingerprint density at radius 2 is 1.85 bits per heavy atom. The minimum atomic E-state index is -0.319. The molecule has 26 heavy (non-hydrogen) atoms. The van der Waals surface area contributed by atoms with Gasteiger partial charge in [-0.25, -0.2) is 0 Å². The lowest BCUT2D eigenvalue weighted by atomic mass is 10.1. The standard InChI is InChI=1S/C20H17N3O3/c21-19-17(20(24)22-11-10-13-6-2-1-3-7-13)18(23-26-19)15-12-25-16-9-5-4-8-14(15)16/h1-9,12H,10-11,21H2,(H,22,24). The van der Waals surface area contributed by atoms with Crippen LogP contribution in [0.2, 0.25) is 0 Å². The second-order valence-corrected chi connectivity index (χ2v) is 5.91.